The van der Waals surface area contributed by atoms with Crippen LogP contribution >= 0.6 is 46.4 Å². The van der Waals surface area contributed by atoms with E-state index in [1.807, 2.05) is 0 Å². The summed E-state index contributed by atoms with van der Waals surface area (Å²) >= 11 is 21.4. The lowest BCUT2D eigenvalue weighted by Crippen LogP contribution is -2.35. The third-order valence-corrected chi connectivity index (χ3v) is 2.97. The molecule has 0 aromatic carbocycles. The van der Waals surface area contributed by atoms with Crippen LogP contribution in [0, 0.1) is 0 Å². The SMILES string of the molecule is O=C(O[C@H](Cl)C(Cl)(Cl)Cl)ON1C(=O)CCC1=O. The van der Waals surface area contributed by atoms with Gasteiger partial charge >= 0.3 is 6.16 Å². The fourth-order valence-corrected chi connectivity index (χ4v) is 1.11. The number of ether oxygens (including phenoxy) is 1. The smallest absolute Gasteiger partial charge is 0.408 e. The number of carbonyl (C=O) groups excluding carboxylic acids is 3. The fraction of sp³-hybridized carbons (Fsp3) is 0.571. The lowest BCUT2D eigenvalue weighted by atomic mass is 10.4. The van der Waals surface area contributed by atoms with Gasteiger partial charge in [-0.05, 0) is 0 Å². The van der Waals surface area contributed by atoms with Gasteiger partial charge in [-0.3, -0.25) is 14.4 Å². The van der Waals surface area contributed by atoms with Crippen LogP contribution in [0.15, 0.2) is 0 Å². The topological polar surface area (TPSA) is 72.9 Å². The first kappa shape index (κ1) is 14.6. The maximum absolute atomic E-state index is 11.1. The zero-order valence-corrected chi connectivity index (χ0v) is 11.0. The van der Waals surface area contributed by atoms with Crippen molar-refractivity contribution in [2.45, 2.75) is 22.2 Å². The third kappa shape index (κ3) is 4.06. The third-order valence-electron chi connectivity index (χ3n) is 1.63. The van der Waals surface area contributed by atoms with Crippen molar-refractivity contribution in [3.8, 4) is 0 Å². The van der Waals surface area contributed by atoms with E-state index >= 15 is 0 Å². The van der Waals surface area contributed by atoms with Gasteiger partial charge in [0.25, 0.3) is 11.8 Å². The van der Waals surface area contributed by atoms with Crippen LogP contribution in [0.5, 0.6) is 0 Å². The Hall–Kier alpha value is -0.430. The summed E-state index contributed by atoms with van der Waals surface area (Å²) in [6.07, 6.45) is -1.50. The molecule has 17 heavy (non-hydrogen) atoms. The molecule has 0 aromatic rings. The maximum atomic E-state index is 11.1. The van der Waals surface area contributed by atoms with Crippen LogP contribution in [0.4, 0.5) is 4.79 Å². The molecule has 0 bridgehead atoms. The number of hydroxylamine groups is 2. The number of alkyl halides is 4. The van der Waals surface area contributed by atoms with Crippen LogP contribution in [0.2, 0.25) is 0 Å². The molecule has 96 valence electrons. The summed E-state index contributed by atoms with van der Waals surface area (Å²) < 4.78 is 2.28. The highest BCUT2D eigenvalue weighted by atomic mass is 35.6. The molecule has 1 rings (SSSR count). The highest BCUT2D eigenvalue weighted by Gasteiger charge is 2.38. The Kier molecular flexibility index (Phi) is 4.71. The monoisotopic (exact) mass is 323 g/mol. The van der Waals surface area contributed by atoms with Crippen molar-refractivity contribution in [1.29, 1.82) is 0 Å². The van der Waals surface area contributed by atoms with Crippen LogP contribution in [0.3, 0.4) is 0 Å². The Morgan fingerprint density at radius 2 is 1.71 bits per heavy atom. The van der Waals surface area contributed by atoms with Gasteiger partial charge < -0.3 is 4.74 Å². The molecule has 0 saturated carbocycles. The summed E-state index contributed by atoms with van der Waals surface area (Å²) in [6, 6.07) is 0. The highest BCUT2D eigenvalue weighted by Crippen LogP contribution is 2.34. The molecule has 1 heterocycles. The van der Waals surface area contributed by atoms with Crippen molar-refractivity contribution < 1.29 is 24.0 Å². The number of halogens is 4. The molecule has 1 fully saturated rings. The van der Waals surface area contributed by atoms with Crippen molar-refractivity contribution in [2.24, 2.45) is 0 Å². The molecular weight excluding hydrogens is 320 g/mol. The maximum Gasteiger partial charge on any atom is 0.535 e. The average Bonchev–Trinajstić information content (AvgIpc) is 2.48. The average molecular weight is 325 g/mol. The summed E-state index contributed by atoms with van der Waals surface area (Å²) in [5, 5.41) is 0.282. The number of nitrogens with zero attached hydrogens (tertiary/aromatic N) is 1. The second-order valence-electron chi connectivity index (χ2n) is 2.90. The first-order valence-electron chi connectivity index (χ1n) is 4.17. The Bertz CT molecular complexity index is 339. The first-order chi connectivity index (χ1) is 7.71. The molecule has 0 aromatic heterocycles. The van der Waals surface area contributed by atoms with E-state index in [-0.39, 0.29) is 17.9 Å². The zero-order chi connectivity index (χ0) is 13.2. The number of rotatable bonds is 2. The van der Waals surface area contributed by atoms with Crippen LogP contribution in [0.1, 0.15) is 12.8 Å². The predicted octanol–water partition coefficient (Wildman–Crippen LogP) is 2.14. The van der Waals surface area contributed by atoms with Crippen molar-refractivity contribution >= 4 is 64.4 Å². The van der Waals surface area contributed by atoms with Crippen molar-refractivity contribution in [3.05, 3.63) is 0 Å². The molecule has 0 N–H and O–H groups in total. The Balaban J connectivity index is 2.50. The van der Waals surface area contributed by atoms with Gasteiger partial charge in [-0.25, -0.2) is 4.79 Å². The van der Waals surface area contributed by atoms with Crippen LogP contribution in [-0.2, 0) is 19.2 Å². The van der Waals surface area contributed by atoms with Crippen molar-refractivity contribution in [3.63, 3.8) is 0 Å². The van der Waals surface area contributed by atoms with Gasteiger partial charge in [0.05, 0.1) is 0 Å². The molecule has 0 aliphatic carbocycles. The molecule has 1 aliphatic heterocycles. The largest absolute Gasteiger partial charge is 0.535 e. The van der Waals surface area contributed by atoms with Crippen LogP contribution < -0.4 is 0 Å². The summed E-state index contributed by atoms with van der Waals surface area (Å²) in [4.78, 5) is 37.5. The van der Waals surface area contributed by atoms with E-state index in [2.05, 4.69) is 9.57 Å². The molecule has 1 aliphatic rings. The fourth-order valence-electron chi connectivity index (χ4n) is 0.905. The van der Waals surface area contributed by atoms with Gasteiger partial charge in [-0.1, -0.05) is 51.5 Å². The van der Waals surface area contributed by atoms with Gasteiger partial charge in [0, 0.05) is 12.8 Å². The van der Waals surface area contributed by atoms with Crippen LogP contribution in [0.25, 0.3) is 0 Å². The standard InChI is InChI=1S/C7H5Cl4NO5/c8-5(7(9,10)11)16-6(15)17-12-3(13)1-2-4(12)14/h5H,1-2H2/t5-/m0/s1. The number of hydrogen-bond acceptors (Lipinski definition) is 5. The van der Waals surface area contributed by atoms with E-state index in [0.29, 0.717) is 0 Å². The lowest BCUT2D eigenvalue weighted by Gasteiger charge is -2.19. The first-order valence-corrected chi connectivity index (χ1v) is 5.74. The van der Waals surface area contributed by atoms with E-state index in [1.165, 1.54) is 0 Å². The minimum atomic E-state index is -2.06. The molecule has 1 saturated heterocycles. The van der Waals surface area contributed by atoms with E-state index in [0.717, 1.165) is 0 Å². The number of amides is 2. The lowest BCUT2D eigenvalue weighted by molar-refractivity contribution is -0.177. The Morgan fingerprint density at radius 1 is 1.24 bits per heavy atom. The number of imide groups is 1. The summed E-state index contributed by atoms with van der Waals surface area (Å²) in [7, 11) is 0. The zero-order valence-electron chi connectivity index (χ0n) is 7.99. The van der Waals surface area contributed by atoms with Crippen LogP contribution in [-0.4, -0.2) is 32.4 Å². The van der Waals surface area contributed by atoms with Gasteiger partial charge in [-0.15, -0.1) is 0 Å². The number of carbonyl (C=O) groups is 3. The van der Waals surface area contributed by atoms with E-state index in [1.54, 1.807) is 0 Å². The molecule has 6 nitrogen and oxygen atoms in total. The molecular formula is C7H5Cl4NO5. The highest BCUT2D eigenvalue weighted by molar-refractivity contribution is 6.70. The van der Waals surface area contributed by atoms with Crippen molar-refractivity contribution in [1.82, 2.24) is 5.06 Å². The second kappa shape index (κ2) is 5.48. The minimum absolute atomic E-state index is 0.0408. The van der Waals surface area contributed by atoms with Crippen molar-refractivity contribution in [2.75, 3.05) is 0 Å². The Labute approximate surface area is 116 Å². The van der Waals surface area contributed by atoms with Gasteiger partial charge in [0.2, 0.25) is 9.36 Å². The van der Waals surface area contributed by atoms with Gasteiger partial charge in [-0.2, -0.15) is 0 Å². The number of hydrogen-bond donors (Lipinski definition) is 0. The normalized spacial score (nSPS) is 18.2. The second-order valence-corrected chi connectivity index (χ2v) is 5.66. The van der Waals surface area contributed by atoms with E-state index < -0.39 is 27.3 Å². The van der Waals surface area contributed by atoms with E-state index in [9.17, 15) is 14.4 Å². The molecule has 1 atom stereocenters. The molecule has 0 unspecified atom stereocenters. The molecule has 0 spiro atoms. The Morgan fingerprint density at radius 3 is 2.12 bits per heavy atom. The molecule has 0 radical (unpaired) electrons. The quantitative estimate of drug-likeness (QED) is 0.442. The van der Waals surface area contributed by atoms with E-state index in [4.69, 9.17) is 46.4 Å². The minimum Gasteiger partial charge on any atom is -0.408 e. The summed E-state index contributed by atoms with van der Waals surface area (Å²) in [6.45, 7) is 0. The molecule has 10 heteroatoms. The van der Waals surface area contributed by atoms with Gasteiger partial charge in [0.1, 0.15) is 0 Å². The predicted molar refractivity (Wildman–Crippen MR) is 58.6 cm³/mol. The molecule has 2 amide bonds. The summed E-state index contributed by atoms with van der Waals surface area (Å²) in [5.41, 5.74) is -1.62. The van der Waals surface area contributed by atoms with Gasteiger partial charge in [0.15, 0.2) is 0 Å². The summed E-state index contributed by atoms with van der Waals surface area (Å²) in [5.74, 6) is -1.32.